The molecule has 29 heavy (non-hydrogen) atoms. The van der Waals surface area contributed by atoms with E-state index in [-0.39, 0.29) is 0 Å². The topological polar surface area (TPSA) is 60.6 Å². The fourth-order valence-electron chi connectivity index (χ4n) is 3.13. The van der Waals surface area contributed by atoms with Gasteiger partial charge in [0, 0.05) is 29.7 Å². The van der Waals surface area contributed by atoms with Gasteiger partial charge < -0.3 is 5.32 Å². The SMILES string of the molecule is Cc1nc(NCc2cccn2-c2nccs2)sc1-c1ccn(-c2ccccc2)n1. The van der Waals surface area contributed by atoms with Gasteiger partial charge >= 0.3 is 0 Å². The molecule has 0 bridgehead atoms. The first-order valence-corrected chi connectivity index (χ1v) is 10.9. The number of para-hydroxylation sites is 1. The fourth-order valence-corrected chi connectivity index (χ4v) is 4.71. The summed E-state index contributed by atoms with van der Waals surface area (Å²) >= 11 is 3.25. The second-order valence-electron chi connectivity index (χ2n) is 6.45. The molecule has 1 N–H and O–H groups in total. The summed E-state index contributed by atoms with van der Waals surface area (Å²) in [6, 6.07) is 16.3. The number of hydrogen-bond acceptors (Lipinski definition) is 6. The first kappa shape index (κ1) is 17.8. The van der Waals surface area contributed by atoms with E-state index in [9.17, 15) is 0 Å². The van der Waals surface area contributed by atoms with Crippen molar-refractivity contribution in [3.05, 3.63) is 83.9 Å². The number of nitrogens with one attached hydrogen (secondary N) is 1. The van der Waals surface area contributed by atoms with Crippen LogP contribution in [0.1, 0.15) is 11.4 Å². The monoisotopic (exact) mass is 418 g/mol. The maximum absolute atomic E-state index is 4.73. The summed E-state index contributed by atoms with van der Waals surface area (Å²) in [5.74, 6) is 0. The van der Waals surface area contributed by atoms with Crippen molar-refractivity contribution >= 4 is 27.8 Å². The van der Waals surface area contributed by atoms with Gasteiger partial charge in [0.1, 0.15) is 5.69 Å². The summed E-state index contributed by atoms with van der Waals surface area (Å²) in [7, 11) is 0. The van der Waals surface area contributed by atoms with Gasteiger partial charge in [-0.05, 0) is 37.3 Å². The standard InChI is InChI=1S/C21H18N6S2/c1-15-19(18-9-12-27(25-18)16-6-3-2-4-7-16)29-20(24-15)23-14-17-8-5-11-26(17)21-22-10-13-28-21/h2-13H,14H2,1H3,(H,23,24). The molecule has 0 amide bonds. The average Bonchev–Trinajstić information content (AvgIpc) is 3.53. The van der Waals surface area contributed by atoms with E-state index in [2.05, 4.69) is 20.9 Å². The molecule has 0 saturated heterocycles. The Bertz CT molecular complexity index is 1220. The van der Waals surface area contributed by atoms with Crippen LogP contribution in [0.25, 0.3) is 21.4 Å². The van der Waals surface area contributed by atoms with E-state index < -0.39 is 0 Å². The molecule has 0 aliphatic rings. The lowest BCUT2D eigenvalue weighted by molar-refractivity contribution is 0.884. The second-order valence-corrected chi connectivity index (χ2v) is 8.32. The molecule has 6 nitrogen and oxygen atoms in total. The van der Waals surface area contributed by atoms with E-state index >= 15 is 0 Å². The minimum Gasteiger partial charge on any atom is -0.356 e. The van der Waals surface area contributed by atoms with Crippen LogP contribution in [-0.2, 0) is 6.54 Å². The van der Waals surface area contributed by atoms with E-state index in [0.717, 1.165) is 37.9 Å². The molecule has 0 aliphatic heterocycles. The lowest BCUT2D eigenvalue weighted by Gasteiger charge is -2.06. The van der Waals surface area contributed by atoms with Crippen LogP contribution in [0.3, 0.4) is 0 Å². The summed E-state index contributed by atoms with van der Waals surface area (Å²) in [6.45, 7) is 2.70. The quantitative estimate of drug-likeness (QED) is 0.414. The van der Waals surface area contributed by atoms with Crippen LogP contribution in [0.5, 0.6) is 0 Å². The van der Waals surface area contributed by atoms with E-state index in [1.807, 2.05) is 78.0 Å². The Hall–Kier alpha value is -3.23. The number of benzene rings is 1. The smallest absolute Gasteiger partial charge is 0.193 e. The molecule has 0 aliphatic carbocycles. The van der Waals surface area contributed by atoms with E-state index in [1.165, 1.54) is 0 Å². The zero-order valence-corrected chi connectivity index (χ0v) is 17.3. The molecule has 5 aromatic rings. The largest absolute Gasteiger partial charge is 0.356 e. The van der Waals surface area contributed by atoms with Crippen molar-refractivity contribution in [3.63, 3.8) is 0 Å². The number of aryl methyl sites for hydroxylation is 1. The number of rotatable bonds is 6. The maximum atomic E-state index is 4.73. The van der Waals surface area contributed by atoms with Crippen LogP contribution in [-0.4, -0.2) is 24.3 Å². The molecule has 0 radical (unpaired) electrons. The van der Waals surface area contributed by atoms with Gasteiger partial charge in [0.25, 0.3) is 0 Å². The molecule has 4 aromatic heterocycles. The van der Waals surface area contributed by atoms with Gasteiger partial charge in [-0.1, -0.05) is 29.5 Å². The lowest BCUT2D eigenvalue weighted by Crippen LogP contribution is -2.05. The molecule has 0 spiro atoms. The maximum Gasteiger partial charge on any atom is 0.193 e. The first-order chi connectivity index (χ1) is 14.3. The number of anilines is 1. The zero-order chi connectivity index (χ0) is 19.6. The second kappa shape index (κ2) is 7.65. The first-order valence-electron chi connectivity index (χ1n) is 9.17. The molecular weight excluding hydrogens is 400 g/mol. The predicted octanol–water partition coefficient (Wildman–Crippen LogP) is 5.16. The van der Waals surface area contributed by atoms with Crippen LogP contribution in [0.4, 0.5) is 5.13 Å². The molecular formula is C21H18N6S2. The molecule has 0 fully saturated rings. The molecule has 1 aromatic carbocycles. The van der Waals surface area contributed by atoms with E-state index in [0.29, 0.717) is 6.54 Å². The predicted molar refractivity (Wildman–Crippen MR) is 118 cm³/mol. The Morgan fingerprint density at radius 2 is 1.93 bits per heavy atom. The highest BCUT2D eigenvalue weighted by molar-refractivity contribution is 7.19. The average molecular weight is 419 g/mol. The third-order valence-corrected chi connectivity index (χ3v) is 6.43. The normalized spacial score (nSPS) is 11.1. The van der Waals surface area contributed by atoms with Gasteiger partial charge in [0.05, 0.1) is 22.8 Å². The van der Waals surface area contributed by atoms with Crippen LogP contribution in [0.15, 0.2) is 72.5 Å². The molecule has 0 atom stereocenters. The number of hydrogen-bond donors (Lipinski definition) is 1. The van der Waals surface area contributed by atoms with Gasteiger partial charge in [-0.3, -0.25) is 4.57 Å². The summed E-state index contributed by atoms with van der Waals surface area (Å²) < 4.78 is 3.99. The van der Waals surface area contributed by atoms with Crippen LogP contribution < -0.4 is 5.32 Å². The third-order valence-electron chi connectivity index (χ3n) is 4.52. The van der Waals surface area contributed by atoms with Gasteiger partial charge in [-0.2, -0.15) is 5.10 Å². The van der Waals surface area contributed by atoms with E-state index in [4.69, 9.17) is 10.1 Å². The molecule has 0 unspecified atom stereocenters. The highest BCUT2D eigenvalue weighted by atomic mass is 32.1. The third kappa shape index (κ3) is 3.59. The van der Waals surface area contributed by atoms with Crippen molar-refractivity contribution in [1.29, 1.82) is 0 Å². The molecule has 0 saturated carbocycles. The Kier molecular flexibility index (Phi) is 4.71. The highest BCUT2D eigenvalue weighted by Crippen LogP contribution is 2.32. The van der Waals surface area contributed by atoms with Crippen LogP contribution in [0, 0.1) is 6.92 Å². The van der Waals surface area contributed by atoms with Crippen molar-refractivity contribution < 1.29 is 0 Å². The van der Waals surface area contributed by atoms with Gasteiger partial charge in [0.15, 0.2) is 10.3 Å². The Morgan fingerprint density at radius 3 is 2.76 bits per heavy atom. The molecule has 8 heteroatoms. The molecule has 144 valence electrons. The number of thiazole rings is 2. The van der Waals surface area contributed by atoms with Crippen molar-refractivity contribution in [1.82, 2.24) is 24.3 Å². The van der Waals surface area contributed by atoms with E-state index in [1.54, 1.807) is 22.7 Å². The fraction of sp³-hybridized carbons (Fsp3) is 0.0952. The van der Waals surface area contributed by atoms with Crippen LogP contribution in [0.2, 0.25) is 0 Å². The number of nitrogens with zero attached hydrogens (tertiary/aromatic N) is 5. The Morgan fingerprint density at radius 1 is 1.03 bits per heavy atom. The number of aromatic nitrogens is 5. The minimum absolute atomic E-state index is 0.678. The summed E-state index contributed by atoms with van der Waals surface area (Å²) in [5, 5.41) is 12.0. The zero-order valence-electron chi connectivity index (χ0n) is 15.7. The Balaban J connectivity index is 1.34. The lowest BCUT2D eigenvalue weighted by atomic mass is 10.3. The van der Waals surface area contributed by atoms with Crippen molar-refractivity contribution in [2.45, 2.75) is 13.5 Å². The summed E-state index contributed by atoms with van der Waals surface area (Å²) in [5.41, 5.74) is 4.10. The summed E-state index contributed by atoms with van der Waals surface area (Å²) in [6.07, 6.45) is 5.84. The van der Waals surface area contributed by atoms with Gasteiger partial charge in [-0.15, -0.1) is 11.3 Å². The van der Waals surface area contributed by atoms with Crippen molar-refractivity contribution in [3.8, 4) is 21.4 Å². The molecule has 5 rings (SSSR count). The summed E-state index contributed by atoms with van der Waals surface area (Å²) in [4.78, 5) is 10.2. The molecule has 4 heterocycles. The minimum atomic E-state index is 0.678. The van der Waals surface area contributed by atoms with Gasteiger partial charge in [-0.25, -0.2) is 14.6 Å². The highest BCUT2D eigenvalue weighted by Gasteiger charge is 2.13. The van der Waals surface area contributed by atoms with Crippen molar-refractivity contribution in [2.24, 2.45) is 0 Å². The van der Waals surface area contributed by atoms with Crippen molar-refractivity contribution in [2.75, 3.05) is 5.32 Å². The Labute approximate surface area is 176 Å². The van der Waals surface area contributed by atoms with Crippen LogP contribution >= 0.6 is 22.7 Å². The van der Waals surface area contributed by atoms with Gasteiger partial charge in [0.2, 0.25) is 0 Å².